The number of aryl methyl sites for hydroxylation is 2. The Balaban J connectivity index is 1.86. The molecule has 3 atom stereocenters. The van der Waals surface area contributed by atoms with E-state index in [9.17, 15) is 9.90 Å². The quantitative estimate of drug-likeness (QED) is 0.818. The first-order valence-corrected chi connectivity index (χ1v) is 9.31. The zero-order valence-electron chi connectivity index (χ0n) is 16.1. The molecule has 0 aromatic heterocycles. The third-order valence-electron chi connectivity index (χ3n) is 5.58. The largest absolute Gasteiger partial charge is 0.460 e. The summed E-state index contributed by atoms with van der Waals surface area (Å²) in [6.07, 6.45) is 5.00. The Morgan fingerprint density at radius 1 is 1.24 bits per heavy atom. The molecule has 0 aliphatic heterocycles. The smallest absolute Gasteiger partial charge is 0.309 e. The van der Waals surface area contributed by atoms with Crippen LogP contribution in [0.5, 0.6) is 0 Å². The number of hydrogen-bond donors (Lipinski definition) is 1. The Hall–Kier alpha value is -1.61. The summed E-state index contributed by atoms with van der Waals surface area (Å²) in [6, 6.07) is 6.39. The van der Waals surface area contributed by atoms with Gasteiger partial charge in [-0.25, -0.2) is 0 Å². The lowest BCUT2D eigenvalue weighted by molar-refractivity contribution is -0.164. The van der Waals surface area contributed by atoms with Gasteiger partial charge in [0, 0.05) is 5.92 Å². The molecule has 0 amide bonds. The van der Waals surface area contributed by atoms with Gasteiger partial charge < -0.3 is 9.84 Å². The normalized spacial score (nSPS) is 28.6. The highest BCUT2D eigenvalue weighted by atomic mass is 16.6. The molecule has 0 unspecified atom stereocenters. The second kappa shape index (κ2) is 6.28. The molecule has 0 radical (unpaired) electrons. The number of benzene rings is 1. The number of allylic oxidation sites excluding steroid dienone is 1. The zero-order valence-corrected chi connectivity index (χ0v) is 16.1. The van der Waals surface area contributed by atoms with Crippen molar-refractivity contribution >= 4 is 11.5 Å². The van der Waals surface area contributed by atoms with Gasteiger partial charge >= 0.3 is 5.97 Å². The van der Waals surface area contributed by atoms with Gasteiger partial charge in [0.2, 0.25) is 0 Å². The molecule has 1 saturated carbocycles. The third kappa shape index (κ3) is 3.67. The van der Waals surface area contributed by atoms with Gasteiger partial charge in [0.1, 0.15) is 5.60 Å². The van der Waals surface area contributed by atoms with Crippen LogP contribution in [-0.4, -0.2) is 22.3 Å². The van der Waals surface area contributed by atoms with Crippen molar-refractivity contribution in [3.05, 3.63) is 41.0 Å². The molecule has 1 aromatic carbocycles. The van der Waals surface area contributed by atoms with E-state index >= 15 is 0 Å². The van der Waals surface area contributed by atoms with Gasteiger partial charge in [0.15, 0.2) is 0 Å². The minimum Gasteiger partial charge on any atom is -0.460 e. The van der Waals surface area contributed by atoms with E-state index in [1.54, 1.807) is 0 Å². The molecule has 2 bridgehead atoms. The van der Waals surface area contributed by atoms with E-state index in [2.05, 4.69) is 38.1 Å². The molecule has 136 valence electrons. The second-order valence-electron chi connectivity index (χ2n) is 8.84. The maximum Gasteiger partial charge on any atom is 0.309 e. The first-order chi connectivity index (χ1) is 11.6. The monoisotopic (exact) mass is 342 g/mol. The molecule has 3 aliphatic rings. The van der Waals surface area contributed by atoms with Gasteiger partial charge in [-0.1, -0.05) is 24.3 Å². The lowest BCUT2D eigenvalue weighted by Crippen LogP contribution is -2.48. The van der Waals surface area contributed by atoms with Crippen LogP contribution >= 0.6 is 0 Å². The van der Waals surface area contributed by atoms with Crippen molar-refractivity contribution in [2.24, 2.45) is 11.8 Å². The lowest BCUT2D eigenvalue weighted by Gasteiger charge is -2.47. The van der Waals surface area contributed by atoms with E-state index in [1.807, 2.05) is 20.8 Å². The maximum atomic E-state index is 12.3. The molecule has 1 fully saturated rings. The van der Waals surface area contributed by atoms with E-state index in [0.717, 1.165) is 12.8 Å². The molecular weight excluding hydrogens is 312 g/mol. The van der Waals surface area contributed by atoms with Crippen LogP contribution in [0.25, 0.3) is 5.57 Å². The highest BCUT2D eigenvalue weighted by Crippen LogP contribution is 2.52. The van der Waals surface area contributed by atoms with Crippen LogP contribution in [0.15, 0.2) is 24.3 Å². The van der Waals surface area contributed by atoms with Crippen LogP contribution < -0.4 is 0 Å². The Morgan fingerprint density at radius 2 is 1.88 bits per heavy atom. The van der Waals surface area contributed by atoms with Crippen LogP contribution in [-0.2, 0) is 9.53 Å². The highest BCUT2D eigenvalue weighted by Gasteiger charge is 2.48. The Morgan fingerprint density at radius 3 is 2.40 bits per heavy atom. The molecule has 0 heterocycles. The van der Waals surface area contributed by atoms with Crippen molar-refractivity contribution < 1.29 is 14.6 Å². The number of esters is 1. The van der Waals surface area contributed by atoms with Gasteiger partial charge in [0.05, 0.1) is 12.0 Å². The van der Waals surface area contributed by atoms with Crippen molar-refractivity contribution in [3.8, 4) is 0 Å². The minimum absolute atomic E-state index is 0.0269. The fraction of sp³-hybridized carbons (Fsp3) is 0.591. The summed E-state index contributed by atoms with van der Waals surface area (Å²) in [5, 5.41) is 11.2. The number of aliphatic hydroxyl groups is 1. The molecule has 3 heteroatoms. The first kappa shape index (κ1) is 18.2. The predicted molar refractivity (Wildman–Crippen MR) is 100 cm³/mol. The number of ether oxygens (including phenoxy) is 1. The molecule has 3 aliphatic carbocycles. The number of rotatable bonds is 3. The Kier molecular flexibility index (Phi) is 4.57. The fourth-order valence-electron chi connectivity index (χ4n) is 4.57. The summed E-state index contributed by atoms with van der Waals surface area (Å²) in [5.41, 5.74) is 3.78. The van der Waals surface area contributed by atoms with E-state index in [1.165, 1.54) is 22.3 Å². The van der Waals surface area contributed by atoms with E-state index in [-0.39, 0.29) is 18.3 Å². The predicted octanol–water partition coefficient (Wildman–Crippen LogP) is 4.58. The zero-order chi connectivity index (χ0) is 18.4. The summed E-state index contributed by atoms with van der Waals surface area (Å²) in [6.45, 7) is 9.89. The van der Waals surface area contributed by atoms with Crippen LogP contribution in [0.1, 0.15) is 63.1 Å². The van der Waals surface area contributed by atoms with Crippen molar-refractivity contribution in [2.75, 3.05) is 0 Å². The summed E-state index contributed by atoms with van der Waals surface area (Å²) in [5.74, 6) is 0.0424. The number of fused-ring (bicyclic) bond motifs is 2. The average molecular weight is 342 g/mol. The molecule has 0 saturated heterocycles. The van der Waals surface area contributed by atoms with E-state index < -0.39 is 11.2 Å². The summed E-state index contributed by atoms with van der Waals surface area (Å²) in [4.78, 5) is 12.3. The van der Waals surface area contributed by atoms with E-state index in [4.69, 9.17) is 4.74 Å². The standard InChI is InChI=1S/C22H30O3/c1-14-7-6-8-15(2)20(14)18-11-17-10-9-16(18)12-22(17,24)13-19(23)25-21(3,4)5/h6-8,11,16-17,24H,9-10,12-13H2,1-5H3/t16-,17-,22-/m1/s1. The maximum absolute atomic E-state index is 12.3. The third-order valence-corrected chi connectivity index (χ3v) is 5.58. The first-order valence-electron chi connectivity index (χ1n) is 9.31. The lowest BCUT2D eigenvalue weighted by atomic mass is 9.60. The molecule has 1 aromatic rings. The molecule has 4 rings (SSSR count). The summed E-state index contributed by atoms with van der Waals surface area (Å²) < 4.78 is 5.44. The van der Waals surface area contributed by atoms with Crippen LogP contribution in [0.3, 0.4) is 0 Å². The molecule has 1 N–H and O–H groups in total. The Labute approximate surface area is 151 Å². The van der Waals surface area contributed by atoms with Crippen LogP contribution in [0.4, 0.5) is 0 Å². The van der Waals surface area contributed by atoms with Gasteiger partial charge in [-0.3, -0.25) is 4.79 Å². The van der Waals surface area contributed by atoms with Gasteiger partial charge in [-0.15, -0.1) is 0 Å². The van der Waals surface area contributed by atoms with Crippen molar-refractivity contribution in [1.82, 2.24) is 0 Å². The molecule has 3 nitrogen and oxygen atoms in total. The number of carbonyl (C=O) groups excluding carboxylic acids is 1. The molecule has 0 spiro atoms. The minimum atomic E-state index is -0.967. The van der Waals surface area contributed by atoms with Gasteiger partial charge in [0.25, 0.3) is 0 Å². The van der Waals surface area contributed by atoms with Crippen LogP contribution in [0, 0.1) is 25.7 Å². The fourth-order valence-corrected chi connectivity index (χ4v) is 4.57. The van der Waals surface area contributed by atoms with Crippen molar-refractivity contribution in [1.29, 1.82) is 0 Å². The summed E-state index contributed by atoms with van der Waals surface area (Å²) >= 11 is 0. The highest BCUT2D eigenvalue weighted by molar-refractivity contribution is 5.76. The topological polar surface area (TPSA) is 46.5 Å². The van der Waals surface area contributed by atoms with Crippen LogP contribution in [0.2, 0.25) is 0 Å². The average Bonchev–Trinajstić information content (AvgIpc) is 2.45. The van der Waals surface area contributed by atoms with Gasteiger partial charge in [-0.2, -0.15) is 0 Å². The van der Waals surface area contributed by atoms with E-state index in [0.29, 0.717) is 12.3 Å². The second-order valence-corrected chi connectivity index (χ2v) is 8.84. The molecule has 25 heavy (non-hydrogen) atoms. The number of hydrogen-bond acceptors (Lipinski definition) is 3. The van der Waals surface area contributed by atoms with Crippen molar-refractivity contribution in [3.63, 3.8) is 0 Å². The Bertz CT molecular complexity index is 690. The SMILES string of the molecule is Cc1cccc(C)c1C1=C[C@H]2CC[C@@H]1C[C@@]2(O)CC(=O)OC(C)(C)C. The summed E-state index contributed by atoms with van der Waals surface area (Å²) in [7, 11) is 0. The molecular formula is C22H30O3. The van der Waals surface area contributed by atoms with Gasteiger partial charge in [-0.05, 0) is 82.1 Å². The van der Waals surface area contributed by atoms with Crippen molar-refractivity contribution in [2.45, 2.75) is 71.5 Å². The number of carbonyl (C=O) groups is 1.